The van der Waals surface area contributed by atoms with Gasteiger partial charge in [0.15, 0.2) is 0 Å². The lowest BCUT2D eigenvalue weighted by Crippen LogP contribution is -2.31. The van der Waals surface area contributed by atoms with Crippen molar-refractivity contribution in [3.8, 4) is 11.5 Å². The number of methoxy groups -OCH3 is 2. The molecule has 0 N–H and O–H groups in total. The summed E-state index contributed by atoms with van der Waals surface area (Å²) in [7, 11) is 3.14. The van der Waals surface area contributed by atoms with Crippen LogP contribution in [0, 0.1) is 5.92 Å². The molecule has 214 valence electrons. The first-order chi connectivity index (χ1) is 18.6. The van der Waals surface area contributed by atoms with Gasteiger partial charge in [-0.2, -0.15) is 0 Å². The largest absolute Gasteiger partial charge is 0.497 e. The third kappa shape index (κ3) is 9.67. The maximum absolute atomic E-state index is 12.5. The molecular formula is C31H48O7. The van der Waals surface area contributed by atoms with Crippen molar-refractivity contribution in [2.75, 3.05) is 20.8 Å². The average Bonchev–Trinajstić information content (AvgIpc) is 3.60. The van der Waals surface area contributed by atoms with Gasteiger partial charge in [-0.05, 0) is 61.4 Å². The summed E-state index contributed by atoms with van der Waals surface area (Å²) in [5, 5.41) is 0. The number of hydrogen-bond donors (Lipinski definition) is 0. The zero-order valence-corrected chi connectivity index (χ0v) is 24.9. The SMILES string of the molecule is CC.CC.CC.CC.COc1ccc(C(=O)O[C@H]2CC[C@H]3[C@@H]2OC[C@H]3OC(=O)c2ccc(OC)cc2)cc1. The van der Waals surface area contributed by atoms with E-state index in [9.17, 15) is 9.59 Å². The van der Waals surface area contributed by atoms with Gasteiger partial charge in [0.1, 0.15) is 29.8 Å². The van der Waals surface area contributed by atoms with Crippen molar-refractivity contribution in [2.45, 2.75) is 86.5 Å². The second-order valence-electron chi connectivity index (χ2n) is 7.38. The molecule has 0 spiro atoms. The second kappa shape index (κ2) is 20.0. The van der Waals surface area contributed by atoms with Gasteiger partial charge in [0, 0.05) is 5.92 Å². The van der Waals surface area contributed by atoms with Crippen molar-refractivity contribution in [3.63, 3.8) is 0 Å². The standard InChI is InChI=1S/C23H24O7.4C2H6/c1-26-16-7-3-14(4-8-16)22(24)29-19-12-11-18-20(13-28-21(18)19)30-23(25)15-5-9-17(27-2)10-6-15;4*1-2/h3-10,18-21H,11-13H2,1-2H3;4*1-2H3/t18-,19+,20-,21+;;;;/m1..../s1. The van der Waals surface area contributed by atoms with Crippen LogP contribution in [0.25, 0.3) is 0 Å². The van der Waals surface area contributed by atoms with Crippen LogP contribution in [-0.4, -0.2) is 51.1 Å². The maximum atomic E-state index is 12.5. The average molecular weight is 533 g/mol. The van der Waals surface area contributed by atoms with Crippen LogP contribution in [0.4, 0.5) is 0 Å². The number of carbonyl (C=O) groups is 2. The highest BCUT2D eigenvalue weighted by atomic mass is 16.6. The Kier molecular flexibility index (Phi) is 18.4. The number of rotatable bonds is 6. The van der Waals surface area contributed by atoms with Gasteiger partial charge in [0.2, 0.25) is 0 Å². The molecule has 0 aromatic heterocycles. The minimum absolute atomic E-state index is 0.0147. The molecule has 1 aliphatic heterocycles. The summed E-state index contributed by atoms with van der Waals surface area (Å²) in [6.45, 7) is 16.3. The topological polar surface area (TPSA) is 80.3 Å². The normalized spacial score (nSPS) is 20.2. The van der Waals surface area contributed by atoms with Gasteiger partial charge in [-0.25, -0.2) is 9.59 Å². The highest BCUT2D eigenvalue weighted by molar-refractivity contribution is 5.90. The smallest absolute Gasteiger partial charge is 0.338 e. The summed E-state index contributed by atoms with van der Waals surface area (Å²) in [5.74, 6) is 0.568. The molecular weight excluding hydrogens is 484 g/mol. The highest BCUT2D eigenvalue weighted by Gasteiger charge is 2.49. The molecule has 2 aliphatic rings. The summed E-state index contributed by atoms with van der Waals surface area (Å²) < 4.78 is 27.4. The number of ether oxygens (including phenoxy) is 5. The Balaban J connectivity index is 0.00000157. The van der Waals surface area contributed by atoms with Crippen LogP contribution in [0.1, 0.15) is 88.9 Å². The lowest BCUT2D eigenvalue weighted by atomic mass is 10.0. The molecule has 4 atom stereocenters. The van der Waals surface area contributed by atoms with Gasteiger partial charge in [-0.3, -0.25) is 0 Å². The van der Waals surface area contributed by atoms with Gasteiger partial charge >= 0.3 is 11.9 Å². The molecule has 1 saturated heterocycles. The Labute approximate surface area is 229 Å². The molecule has 7 heteroatoms. The van der Waals surface area contributed by atoms with E-state index >= 15 is 0 Å². The fraction of sp³-hybridized carbons (Fsp3) is 0.548. The van der Waals surface area contributed by atoms with E-state index < -0.39 is 11.9 Å². The van der Waals surface area contributed by atoms with Crippen LogP contribution in [0.2, 0.25) is 0 Å². The van der Waals surface area contributed by atoms with Gasteiger partial charge in [-0.1, -0.05) is 55.4 Å². The van der Waals surface area contributed by atoms with Gasteiger partial charge in [0.05, 0.1) is 32.0 Å². The molecule has 1 saturated carbocycles. The lowest BCUT2D eigenvalue weighted by Gasteiger charge is -2.19. The third-order valence-corrected chi connectivity index (χ3v) is 5.67. The first-order valence-corrected chi connectivity index (χ1v) is 13.9. The van der Waals surface area contributed by atoms with Crippen LogP contribution in [0.15, 0.2) is 48.5 Å². The number of carbonyl (C=O) groups excluding carboxylic acids is 2. The monoisotopic (exact) mass is 532 g/mol. The molecule has 2 fully saturated rings. The molecule has 0 radical (unpaired) electrons. The molecule has 7 nitrogen and oxygen atoms in total. The van der Waals surface area contributed by atoms with E-state index in [4.69, 9.17) is 23.7 Å². The van der Waals surface area contributed by atoms with Crippen molar-refractivity contribution in [1.29, 1.82) is 0 Å². The highest BCUT2D eigenvalue weighted by Crippen LogP contribution is 2.39. The first kappa shape index (κ1) is 34.9. The number of esters is 2. The maximum Gasteiger partial charge on any atom is 0.338 e. The van der Waals surface area contributed by atoms with Crippen molar-refractivity contribution in [1.82, 2.24) is 0 Å². The van der Waals surface area contributed by atoms with Gasteiger partial charge in [-0.15, -0.1) is 0 Å². The van der Waals surface area contributed by atoms with Crippen LogP contribution >= 0.6 is 0 Å². The van der Waals surface area contributed by atoms with E-state index in [1.54, 1.807) is 62.8 Å². The van der Waals surface area contributed by atoms with E-state index in [0.717, 1.165) is 6.42 Å². The summed E-state index contributed by atoms with van der Waals surface area (Å²) in [5.41, 5.74) is 0.916. The Hall–Kier alpha value is -3.06. The minimum Gasteiger partial charge on any atom is -0.497 e. The zero-order chi connectivity index (χ0) is 29.1. The lowest BCUT2D eigenvalue weighted by molar-refractivity contribution is -0.0234. The van der Waals surface area contributed by atoms with Crippen LogP contribution in [0.3, 0.4) is 0 Å². The van der Waals surface area contributed by atoms with Gasteiger partial charge < -0.3 is 23.7 Å². The molecule has 4 rings (SSSR count). The predicted molar refractivity (Wildman–Crippen MR) is 152 cm³/mol. The van der Waals surface area contributed by atoms with Crippen LogP contribution < -0.4 is 9.47 Å². The molecule has 0 unspecified atom stereocenters. The molecule has 0 bridgehead atoms. The zero-order valence-electron chi connectivity index (χ0n) is 24.9. The Morgan fingerprint density at radius 1 is 0.632 bits per heavy atom. The van der Waals surface area contributed by atoms with E-state index in [-0.39, 0.29) is 24.2 Å². The fourth-order valence-electron chi connectivity index (χ4n) is 4.03. The van der Waals surface area contributed by atoms with E-state index in [2.05, 4.69) is 0 Å². The van der Waals surface area contributed by atoms with Crippen molar-refractivity contribution >= 4 is 11.9 Å². The summed E-state index contributed by atoms with van der Waals surface area (Å²) in [4.78, 5) is 24.9. The summed E-state index contributed by atoms with van der Waals surface area (Å²) in [6, 6.07) is 13.5. The van der Waals surface area contributed by atoms with E-state index in [1.165, 1.54) is 0 Å². The Morgan fingerprint density at radius 3 is 1.42 bits per heavy atom. The minimum atomic E-state index is -0.398. The first-order valence-electron chi connectivity index (χ1n) is 13.9. The molecule has 2 aromatic rings. The molecule has 38 heavy (non-hydrogen) atoms. The number of fused-ring (bicyclic) bond motifs is 1. The van der Waals surface area contributed by atoms with Crippen LogP contribution in [0.5, 0.6) is 11.5 Å². The number of benzene rings is 2. The van der Waals surface area contributed by atoms with Crippen molar-refractivity contribution in [2.24, 2.45) is 5.92 Å². The second-order valence-corrected chi connectivity index (χ2v) is 7.38. The van der Waals surface area contributed by atoms with E-state index in [0.29, 0.717) is 35.7 Å². The van der Waals surface area contributed by atoms with Crippen molar-refractivity contribution in [3.05, 3.63) is 59.7 Å². The molecule has 1 heterocycles. The van der Waals surface area contributed by atoms with Crippen LogP contribution in [-0.2, 0) is 14.2 Å². The quantitative estimate of drug-likeness (QED) is 0.359. The molecule has 0 amide bonds. The Bertz CT molecular complexity index is 818. The Morgan fingerprint density at radius 2 is 1.03 bits per heavy atom. The fourth-order valence-corrected chi connectivity index (χ4v) is 4.03. The van der Waals surface area contributed by atoms with Gasteiger partial charge in [0.25, 0.3) is 0 Å². The summed E-state index contributed by atoms with van der Waals surface area (Å²) in [6.07, 6.45) is 0.476. The predicted octanol–water partition coefficient (Wildman–Crippen LogP) is 7.37. The molecule has 2 aromatic carbocycles. The molecule has 1 aliphatic carbocycles. The van der Waals surface area contributed by atoms with E-state index in [1.807, 2.05) is 55.4 Å². The summed E-state index contributed by atoms with van der Waals surface area (Å²) >= 11 is 0. The number of hydrogen-bond acceptors (Lipinski definition) is 7. The third-order valence-electron chi connectivity index (χ3n) is 5.67. The van der Waals surface area contributed by atoms with Crippen molar-refractivity contribution < 1.29 is 33.3 Å².